The normalized spacial score (nSPS) is 10.4. The van der Waals surface area contributed by atoms with Crippen LogP contribution in [0.2, 0.25) is 5.28 Å². The van der Waals surface area contributed by atoms with Gasteiger partial charge in [-0.1, -0.05) is 25.1 Å². The maximum Gasteiger partial charge on any atom is 0.235 e. The van der Waals surface area contributed by atoms with E-state index in [1.54, 1.807) is 11.8 Å². The van der Waals surface area contributed by atoms with Crippen LogP contribution < -0.4 is 0 Å². The third-order valence-electron chi connectivity index (χ3n) is 1.11. The van der Waals surface area contributed by atoms with E-state index >= 15 is 0 Å². The van der Waals surface area contributed by atoms with E-state index in [-0.39, 0.29) is 0 Å². The van der Waals surface area contributed by atoms with E-state index in [4.69, 9.17) is 11.6 Å². The number of unbranched alkanes of at least 4 members (excludes halogenated alkanes) is 1. The van der Waals surface area contributed by atoms with E-state index in [9.17, 15) is 0 Å². The first-order valence-electron chi connectivity index (χ1n) is 3.45. The van der Waals surface area contributed by atoms with Gasteiger partial charge in [-0.15, -0.1) is 0 Å². The molecular formula is C6H9ClN2S2. The van der Waals surface area contributed by atoms with Crippen molar-refractivity contribution in [1.29, 1.82) is 0 Å². The van der Waals surface area contributed by atoms with Crippen LogP contribution in [0.15, 0.2) is 4.34 Å². The maximum atomic E-state index is 5.55. The lowest BCUT2D eigenvalue weighted by molar-refractivity contribution is 0.896. The fourth-order valence-corrected chi connectivity index (χ4v) is 2.50. The van der Waals surface area contributed by atoms with E-state index in [2.05, 4.69) is 16.3 Å². The Hall–Kier alpha value is 0.200. The predicted molar refractivity (Wildman–Crippen MR) is 50.6 cm³/mol. The zero-order valence-corrected chi connectivity index (χ0v) is 8.60. The van der Waals surface area contributed by atoms with Gasteiger partial charge in [0.25, 0.3) is 0 Å². The summed E-state index contributed by atoms with van der Waals surface area (Å²) in [5, 5.41) is 0.369. The molecule has 0 amide bonds. The van der Waals surface area contributed by atoms with E-state index in [0.29, 0.717) is 5.28 Å². The Morgan fingerprint density at radius 2 is 2.45 bits per heavy atom. The summed E-state index contributed by atoms with van der Waals surface area (Å²) in [7, 11) is 0. The van der Waals surface area contributed by atoms with E-state index in [1.807, 2.05) is 0 Å². The van der Waals surface area contributed by atoms with Crippen molar-refractivity contribution >= 4 is 34.9 Å². The number of aromatic nitrogens is 2. The molecule has 11 heavy (non-hydrogen) atoms. The standard InChI is InChI=1S/C6H9ClN2S2/c1-2-3-4-10-6-8-5(7)9-11-6/h2-4H2,1H3. The average Bonchev–Trinajstić information content (AvgIpc) is 2.37. The molecule has 0 atom stereocenters. The minimum atomic E-state index is 0.369. The van der Waals surface area contributed by atoms with Gasteiger partial charge in [-0.2, -0.15) is 9.36 Å². The average molecular weight is 209 g/mol. The van der Waals surface area contributed by atoms with Gasteiger partial charge in [0.05, 0.1) is 0 Å². The second-order valence-corrected chi connectivity index (χ2v) is 4.46. The van der Waals surface area contributed by atoms with E-state index in [0.717, 1.165) is 10.1 Å². The van der Waals surface area contributed by atoms with Crippen LogP contribution in [0, 0.1) is 0 Å². The zero-order valence-electron chi connectivity index (χ0n) is 6.21. The van der Waals surface area contributed by atoms with Gasteiger partial charge in [-0.3, -0.25) is 0 Å². The predicted octanol–water partition coefficient (Wildman–Crippen LogP) is 3.08. The summed E-state index contributed by atoms with van der Waals surface area (Å²) in [6.07, 6.45) is 2.45. The van der Waals surface area contributed by atoms with Crippen LogP contribution in [-0.2, 0) is 0 Å². The highest BCUT2D eigenvalue weighted by atomic mass is 35.5. The Morgan fingerprint density at radius 3 is 3.00 bits per heavy atom. The molecule has 0 aliphatic rings. The Balaban J connectivity index is 2.27. The molecule has 0 radical (unpaired) electrons. The van der Waals surface area contributed by atoms with Gasteiger partial charge in [0.1, 0.15) is 0 Å². The van der Waals surface area contributed by atoms with Gasteiger partial charge >= 0.3 is 0 Å². The number of thioether (sulfide) groups is 1. The first-order chi connectivity index (χ1) is 5.33. The number of rotatable bonds is 4. The number of hydrogen-bond donors (Lipinski definition) is 0. The van der Waals surface area contributed by atoms with Crippen LogP contribution >= 0.6 is 34.9 Å². The third kappa shape index (κ3) is 3.40. The lowest BCUT2D eigenvalue weighted by Gasteiger charge is -1.91. The van der Waals surface area contributed by atoms with Crippen LogP contribution in [0.5, 0.6) is 0 Å². The molecule has 0 aromatic carbocycles. The molecule has 1 heterocycles. The first kappa shape index (κ1) is 9.29. The third-order valence-corrected chi connectivity index (χ3v) is 3.30. The monoisotopic (exact) mass is 208 g/mol. The van der Waals surface area contributed by atoms with Gasteiger partial charge in [0, 0.05) is 5.75 Å². The Kier molecular flexibility index (Phi) is 4.18. The molecule has 0 spiro atoms. The SMILES string of the molecule is CCCCSc1nc(Cl)ns1. The second kappa shape index (κ2) is 4.95. The van der Waals surface area contributed by atoms with Gasteiger partial charge in [0.15, 0.2) is 4.34 Å². The topological polar surface area (TPSA) is 25.8 Å². The Morgan fingerprint density at radius 1 is 1.64 bits per heavy atom. The van der Waals surface area contributed by atoms with Gasteiger partial charge in [0.2, 0.25) is 5.28 Å². The molecule has 1 rings (SSSR count). The van der Waals surface area contributed by atoms with E-state index in [1.165, 1.54) is 24.4 Å². The summed E-state index contributed by atoms with van der Waals surface area (Å²) in [6.45, 7) is 2.17. The number of hydrogen-bond acceptors (Lipinski definition) is 4. The molecule has 62 valence electrons. The molecule has 0 N–H and O–H groups in total. The summed E-state index contributed by atoms with van der Waals surface area (Å²) < 4.78 is 4.85. The van der Waals surface area contributed by atoms with Crippen LogP contribution in [-0.4, -0.2) is 15.1 Å². The summed E-state index contributed by atoms with van der Waals surface area (Å²) in [6, 6.07) is 0. The minimum absolute atomic E-state index is 0.369. The first-order valence-corrected chi connectivity index (χ1v) is 5.58. The molecule has 0 bridgehead atoms. The number of nitrogens with zero attached hydrogens (tertiary/aromatic N) is 2. The Labute approximate surface area is 79.5 Å². The largest absolute Gasteiger partial charge is 0.235 e. The van der Waals surface area contributed by atoms with Gasteiger partial charge < -0.3 is 0 Å². The lowest BCUT2D eigenvalue weighted by Crippen LogP contribution is -1.76. The van der Waals surface area contributed by atoms with Crippen molar-refractivity contribution in [2.24, 2.45) is 0 Å². The van der Waals surface area contributed by atoms with Crippen molar-refractivity contribution in [2.45, 2.75) is 24.1 Å². The highest BCUT2D eigenvalue weighted by Crippen LogP contribution is 2.22. The molecule has 0 aliphatic heterocycles. The van der Waals surface area contributed by atoms with Crippen molar-refractivity contribution < 1.29 is 0 Å². The van der Waals surface area contributed by atoms with Crippen LogP contribution in [0.25, 0.3) is 0 Å². The lowest BCUT2D eigenvalue weighted by atomic mass is 10.4. The molecule has 0 unspecified atom stereocenters. The maximum absolute atomic E-state index is 5.55. The fraction of sp³-hybridized carbons (Fsp3) is 0.667. The zero-order chi connectivity index (χ0) is 8.10. The summed E-state index contributed by atoms with van der Waals surface area (Å²) in [4.78, 5) is 4.02. The molecule has 2 nitrogen and oxygen atoms in total. The van der Waals surface area contributed by atoms with Crippen LogP contribution in [0.1, 0.15) is 19.8 Å². The quantitative estimate of drug-likeness (QED) is 0.562. The second-order valence-electron chi connectivity index (χ2n) is 2.03. The summed E-state index contributed by atoms with van der Waals surface area (Å²) in [5.74, 6) is 1.11. The van der Waals surface area contributed by atoms with Crippen molar-refractivity contribution in [1.82, 2.24) is 9.36 Å². The van der Waals surface area contributed by atoms with Crippen molar-refractivity contribution in [2.75, 3.05) is 5.75 Å². The van der Waals surface area contributed by atoms with Crippen LogP contribution in [0.4, 0.5) is 0 Å². The van der Waals surface area contributed by atoms with Gasteiger partial charge in [-0.05, 0) is 29.6 Å². The molecule has 1 aromatic rings. The molecule has 0 fully saturated rings. The van der Waals surface area contributed by atoms with Crippen molar-refractivity contribution in [3.63, 3.8) is 0 Å². The summed E-state index contributed by atoms with van der Waals surface area (Å²) in [5.41, 5.74) is 0. The fourth-order valence-electron chi connectivity index (χ4n) is 0.555. The molecule has 0 saturated heterocycles. The Bertz CT molecular complexity index is 214. The highest BCUT2D eigenvalue weighted by molar-refractivity contribution is 8.00. The molecule has 5 heteroatoms. The smallest absolute Gasteiger partial charge is 0.198 e. The van der Waals surface area contributed by atoms with E-state index < -0.39 is 0 Å². The highest BCUT2D eigenvalue weighted by Gasteiger charge is 2.00. The minimum Gasteiger partial charge on any atom is -0.198 e. The summed E-state index contributed by atoms with van der Waals surface area (Å²) >= 11 is 8.64. The van der Waals surface area contributed by atoms with Crippen molar-refractivity contribution in [3.8, 4) is 0 Å². The molecule has 0 aliphatic carbocycles. The van der Waals surface area contributed by atoms with Gasteiger partial charge in [-0.25, -0.2) is 0 Å². The molecule has 0 saturated carbocycles. The molecule has 1 aromatic heterocycles. The van der Waals surface area contributed by atoms with Crippen LogP contribution in [0.3, 0.4) is 0 Å². The molecular weight excluding hydrogens is 200 g/mol. The number of halogens is 1. The van der Waals surface area contributed by atoms with Crippen molar-refractivity contribution in [3.05, 3.63) is 5.28 Å².